The second-order valence-electron chi connectivity index (χ2n) is 6.24. The van der Waals surface area contributed by atoms with Crippen LogP contribution in [0.4, 0.5) is 14.9 Å². The predicted octanol–water partition coefficient (Wildman–Crippen LogP) is 1.71. The largest absolute Gasteiger partial charge is 0.444 e. The summed E-state index contributed by atoms with van der Waals surface area (Å²) in [4.78, 5) is 28.9. The number of benzene rings is 1. The Morgan fingerprint density at radius 3 is 2.58 bits per heavy atom. The zero-order valence-corrected chi connectivity index (χ0v) is 13.8. The number of carbonyl (C=O) groups excluding carboxylic acids is 2. The van der Waals surface area contributed by atoms with Crippen molar-refractivity contribution in [3.8, 4) is 0 Å². The van der Waals surface area contributed by atoms with Crippen LogP contribution in [0.25, 0.3) is 0 Å². The first-order chi connectivity index (χ1) is 11.5. The maximum atomic E-state index is 13.8. The van der Waals surface area contributed by atoms with Gasteiger partial charge in [0.25, 0.3) is 0 Å². The maximum absolute atomic E-state index is 13.8. The first-order valence-corrected chi connectivity index (χ1v) is 8.23. The fraction of sp³-hybridized carbons (Fsp3) is 0.529. The standard InChI is InChI=1S/C17H22FN3O3/c1-19-12-13(24-17(19)23)6-7-16(22)21-10-8-20(9-11-21)15-5-3-2-4-14(15)18/h2-5,13H,6-12H2,1H3. The van der Waals surface area contributed by atoms with E-state index in [4.69, 9.17) is 4.74 Å². The van der Waals surface area contributed by atoms with Crippen LogP contribution < -0.4 is 4.90 Å². The number of rotatable bonds is 4. The molecule has 1 atom stereocenters. The summed E-state index contributed by atoms with van der Waals surface area (Å²) in [6.45, 7) is 2.93. The summed E-state index contributed by atoms with van der Waals surface area (Å²) in [5, 5.41) is 0. The lowest BCUT2D eigenvalue weighted by atomic mass is 10.1. The van der Waals surface area contributed by atoms with E-state index in [0.29, 0.717) is 51.3 Å². The van der Waals surface area contributed by atoms with Crippen molar-refractivity contribution in [2.24, 2.45) is 0 Å². The summed E-state index contributed by atoms with van der Waals surface area (Å²) in [5.74, 6) is -0.168. The molecular weight excluding hydrogens is 313 g/mol. The number of hydrogen-bond donors (Lipinski definition) is 0. The third kappa shape index (κ3) is 3.60. The summed E-state index contributed by atoms with van der Waals surface area (Å²) < 4.78 is 19.0. The van der Waals surface area contributed by atoms with Gasteiger partial charge < -0.3 is 19.4 Å². The van der Waals surface area contributed by atoms with Gasteiger partial charge in [0.15, 0.2) is 0 Å². The summed E-state index contributed by atoms with van der Waals surface area (Å²) in [6.07, 6.45) is 0.380. The van der Waals surface area contributed by atoms with Gasteiger partial charge in [0.1, 0.15) is 11.9 Å². The van der Waals surface area contributed by atoms with Crippen molar-refractivity contribution in [3.63, 3.8) is 0 Å². The number of carbonyl (C=O) groups is 2. The van der Waals surface area contributed by atoms with E-state index in [-0.39, 0.29) is 23.9 Å². The lowest BCUT2D eigenvalue weighted by Crippen LogP contribution is -2.49. The van der Waals surface area contributed by atoms with Gasteiger partial charge >= 0.3 is 6.09 Å². The number of nitrogens with zero attached hydrogens (tertiary/aromatic N) is 3. The van der Waals surface area contributed by atoms with Crippen molar-refractivity contribution in [2.75, 3.05) is 44.7 Å². The minimum absolute atomic E-state index is 0.0637. The number of halogens is 1. The summed E-state index contributed by atoms with van der Waals surface area (Å²) in [5.41, 5.74) is 0.588. The Morgan fingerprint density at radius 2 is 1.96 bits per heavy atom. The van der Waals surface area contributed by atoms with Crippen LogP contribution in [0.3, 0.4) is 0 Å². The number of anilines is 1. The molecule has 0 N–H and O–H groups in total. The van der Waals surface area contributed by atoms with Crippen molar-refractivity contribution in [1.29, 1.82) is 0 Å². The number of piperazine rings is 1. The van der Waals surface area contributed by atoms with Crippen molar-refractivity contribution >= 4 is 17.7 Å². The number of para-hydroxylation sites is 1. The molecule has 2 saturated heterocycles. The highest BCUT2D eigenvalue weighted by atomic mass is 19.1. The van der Waals surface area contributed by atoms with Gasteiger partial charge in [-0.05, 0) is 18.6 Å². The molecule has 0 aliphatic carbocycles. The van der Waals surface area contributed by atoms with Crippen LogP contribution in [0.2, 0.25) is 0 Å². The normalized spacial score (nSPS) is 21.2. The molecule has 0 saturated carbocycles. The van der Waals surface area contributed by atoms with Gasteiger partial charge in [-0.2, -0.15) is 0 Å². The monoisotopic (exact) mass is 335 g/mol. The van der Waals surface area contributed by atoms with Crippen LogP contribution in [0.5, 0.6) is 0 Å². The summed E-state index contributed by atoms with van der Waals surface area (Å²) in [7, 11) is 1.69. The number of cyclic esters (lactones) is 1. The second-order valence-corrected chi connectivity index (χ2v) is 6.24. The van der Waals surface area contributed by atoms with Crippen LogP contribution >= 0.6 is 0 Å². The van der Waals surface area contributed by atoms with E-state index in [1.807, 2.05) is 11.0 Å². The molecule has 2 fully saturated rings. The molecule has 24 heavy (non-hydrogen) atoms. The number of amides is 2. The summed E-state index contributed by atoms with van der Waals surface area (Å²) >= 11 is 0. The number of ether oxygens (including phenoxy) is 1. The Balaban J connectivity index is 1.45. The lowest BCUT2D eigenvalue weighted by Gasteiger charge is -2.36. The molecular formula is C17H22FN3O3. The molecule has 0 aromatic heterocycles. The fourth-order valence-corrected chi connectivity index (χ4v) is 3.15. The van der Waals surface area contributed by atoms with Gasteiger partial charge in [0, 0.05) is 39.6 Å². The Morgan fingerprint density at radius 1 is 1.25 bits per heavy atom. The predicted molar refractivity (Wildman–Crippen MR) is 87.3 cm³/mol. The molecule has 1 aromatic carbocycles. The minimum atomic E-state index is -0.328. The highest BCUT2D eigenvalue weighted by Gasteiger charge is 2.29. The van der Waals surface area contributed by atoms with E-state index in [1.165, 1.54) is 11.0 Å². The SMILES string of the molecule is CN1CC(CCC(=O)N2CCN(c3ccccc3F)CC2)OC1=O. The molecule has 6 nitrogen and oxygen atoms in total. The topological polar surface area (TPSA) is 53.1 Å². The molecule has 7 heteroatoms. The zero-order valence-electron chi connectivity index (χ0n) is 13.8. The van der Waals surface area contributed by atoms with Gasteiger partial charge in [-0.25, -0.2) is 9.18 Å². The Hall–Kier alpha value is -2.31. The number of likely N-dealkylation sites (N-methyl/N-ethyl adjacent to an activating group) is 1. The Bertz CT molecular complexity index is 617. The lowest BCUT2D eigenvalue weighted by molar-refractivity contribution is -0.132. The van der Waals surface area contributed by atoms with Crippen molar-refractivity contribution < 1.29 is 18.7 Å². The minimum Gasteiger partial charge on any atom is -0.444 e. The molecule has 2 aliphatic rings. The van der Waals surface area contributed by atoms with Gasteiger partial charge in [0.05, 0.1) is 12.2 Å². The van der Waals surface area contributed by atoms with E-state index < -0.39 is 0 Å². The van der Waals surface area contributed by atoms with Gasteiger partial charge in [-0.1, -0.05) is 12.1 Å². The van der Waals surface area contributed by atoms with Crippen LogP contribution in [-0.4, -0.2) is 67.7 Å². The van der Waals surface area contributed by atoms with Crippen LogP contribution in [0, 0.1) is 5.82 Å². The van der Waals surface area contributed by atoms with Crippen molar-refractivity contribution in [1.82, 2.24) is 9.80 Å². The number of hydrogen-bond acceptors (Lipinski definition) is 4. The first kappa shape index (κ1) is 16.5. The molecule has 130 valence electrons. The van der Waals surface area contributed by atoms with Crippen molar-refractivity contribution in [3.05, 3.63) is 30.1 Å². The van der Waals surface area contributed by atoms with E-state index in [9.17, 15) is 14.0 Å². The maximum Gasteiger partial charge on any atom is 0.409 e. The van der Waals surface area contributed by atoms with E-state index in [2.05, 4.69) is 0 Å². The third-order valence-electron chi connectivity index (χ3n) is 4.56. The smallest absolute Gasteiger partial charge is 0.409 e. The highest BCUT2D eigenvalue weighted by Crippen LogP contribution is 2.21. The Labute approximate surface area is 140 Å². The Kier molecular flexibility index (Phi) is 4.87. The molecule has 0 spiro atoms. The molecule has 0 bridgehead atoms. The molecule has 2 amide bonds. The zero-order chi connectivity index (χ0) is 17.1. The van der Waals surface area contributed by atoms with E-state index >= 15 is 0 Å². The first-order valence-electron chi connectivity index (χ1n) is 8.23. The molecule has 2 aliphatic heterocycles. The van der Waals surface area contributed by atoms with Gasteiger partial charge in [-0.3, -0.25) is 4.79 Å². The average Bonchev–Trinajstić information content (AvgIpc) is 2.91. The van der Waals surface area contributed by atoms with Crippen LogP contribution in [0.1, 0.15) is 12.8 Å². The molecule has 1 aromatic rings. The summed E-state index contributed by atoms with van der Waals surface area (Å²) in [6, 6.07) is 6.70. The van der Waals surface area contributed by atoms with Crippen LogP contribution in [0.15, 0.2) is 24.3 Å². The average molecular weight is 335 g/mol. The molecule has 2 heterocycles. The van der Waals surface area contributed by atoms with Crippen molar-refractivity contribution in [2.45, 2.75) is 18.9 Å². The van der Waals surface area contributed by atoms with Gasteiger partial charge in [0.2, 0.25) is 5.91 Å². The molecule has 3 rings (SSSR count). The molecule has 1 unspecified atom stereocenters. The third-order valence-corrected chi connectivity index (χ3v) is 4.56. The van der Waals surface area contributed by atoms with Crippen LogP contribution in [-0.2, 0) is 9.53 Å². The second kappa shape index (κ2) is 7.07. The van der Waals surface area contributed by atoms with E-state index in [1.54, 1.807) is 24.1 Å². The highest BCUT2D eigenvalue weighted by molar-refractivity contribution is 5.77. The van der Waals surface area contributed by atoms with Gasteiger partial charge in [-0.15, -0.1) is 0 Å². The fourth-order valence-electron chi connectivity index (χ4n) is 3.15. The quantitative estimate of drug-likeness (QED) is 0.840. The van der Waals surface area contributed by atoms with E-state index in [0.717, 1.165) is 0 Å². The molecule has 0 radical (unpaired) electrons.